The third kappa shape index (κ3) is 3.92. The van der Waals surface area contributed by atoms with Crippen molar-refractivity contribution < 1.29 is 18.3 Å². The molecule has 0 atom stereocenters. The number of imidazole rings is 1. The smallest absolute Gasteiger partial charge is 0.338 e. The van der Waals surface area contributed by atoms with Gasteiger partial charge in [-0.3, -0.25) is 4.57 Å². The van der Waals surface area contributed by atoms with Crippen molar-refractivity contribution in [3.8, 4) is 0 Å². The number of benzene rings is 2. The van der Waals surface area contributed by atoms with E-state index in [2.05, 4.69) is 23.7 Å². The van der Waals surface area contributed by atoms with Crippen molar-refractivity contribution >= 4 is 22.7 Å². The molecule has 0 spiro atoms. The Balaban J connectivity index is 1.74. The van der Waals surface area contributed by atoms with Crippen molar-refractivity contribution in [2.24, 2.45) is 0 Å². The number of aromatic nitrogens is 2. The van der Waals surface area contributed by atoms with E-state index in [0.29, 0.717) is 16.6 Å². The maximum Gasteiger partial charge on any atom is 0.338 e. The fourth-order valence-electron chi connectivity index (χ4n) is 3.02. The van der Waals surface area contributed by atoms with E-state index in [-0.39, 0.29) is 12.4 Å². The van der Waals surface area contributed by atoms with Crippen molar-refractivity contribution in [2.75, 3.05) is 18.0 Å². The van der Waals surface area contributed by atoms with Crippen LogP contribution in [0.4, 0.5) is 14.5 Å². The first-order valence-electron chi connectivity index (χ1n) is 8.81. The van der Waals surface area contributed by atoms with E-state index < -0.39 is 12.5 Å². The van der Waals surface area contributed by atoms with Crippen LogP contribution in [-0.4, -0.2) is 28.6 Å². The lowest BCUT2D eigenvalue weighted by atomic mass is 10.2. The Kier molecular flexibility index (Phi) is 5.69. The molecule has 0 bridgehead atoms. The summed E-state index contributed by atoms with van der Waals surface area (Å²) in [5.41, 5.74) is 2.12. The van der Waals surface area contributed by atoms with Gasteiger partial charge in [-0.2, -0.15) is 8.78 Å². The summed E-state index contributed by atoms with van der Waals surface area (Å²) in [5.74, 6) is -0.562. The van der Waals surface area contributed by atoms with E-state index in [1.165, 1.54) is 0 Å². The van der Waals surface area contributed by atoms with E-state index in [9.17, 15) is 13.6 Å². The Hall–Kier alpha value is -2.96. The number of anilines is 1. The predicted octanol–water partition coefficient (Wildman–Crippen LogP) is 4.63. The zero-order chi connectivity index (χ0) is 19.4. The molecule has 0 aliphatic rings. The van der Waals surface area contributed by atoms with Gasteiger partial charge >= 0.3 is 12.5 Å². The van der Waals surface area contributed by atoms with Crippen molar-refractivity contribution in [1.82, 2.24) is 9.55 Å². The number of hydrogen-bond acceptors (Lipinski definition) is 4. The summed E-state index contributed by atoms with van der Waals surface area (Å²) in [6.45, 7) is 2.75. The number of alkyl halides is 2. The first-order chi connectivity index (χ1) is 13.0. The lowest BCUT2D eigenvalue weighted by Gasteiger charge is -2.20. The number of fused-ring (bicyclic) bond motifs is 1. The Morgan fingerprint density at radius 1 is 1.11 bits per heavy atom. The van der Waals surface area contributed by atoms with Crippen molar-refractivity contribution in [3.63, 3.8) is 0 Å². The molecule has 7 heteroatoms. The number of nitrogens with zero attached hydrogens (tertiary/aromatic N) is 3. The van der Waals surface area contributed by atoms with Gasteiger partial charge in [0.15, 0.2) is 5.82 Å². The minimum absolute atomic E-state index is 0.0133. The molecule has 142 valence electrons. The molecule has 0 radical (unpaired) electrons. The molecule has 1 aromatic heterocycles. The van der Waals surface area contributed by atoms with Gasteiger partial charge in [0.1, 0.15) is 6.61 Å². The highest BCUT2D eigenvalue weighted by atomic mass is 19.3. The molecule has 0 saturated carbocycles. The van der Waals surface area contributed by atoms with Crippen LogP contribution < -0.4 is 4.90 Å². The molecule has 3 aromatic rings. The highest BCUT2D eigenvalue weighted by Gasteiger charge is 2.19. The van der Waals surface area contributed by atoms with Crippen LogP contribution in [0.3, 0.4) is 0 Å². The maximum absolute atomic E-state index is 13.4. The number of halogens is 2. The minimum atomic E-state index is -2.76. The average Bonchev–Trinajstić information content (AvgIpc) is 3.06. The average molecular weight is 373 g/mol. The molecule has 2 aromatic carbocycles. The number of rotatable bonds is 7. The van der Waals surface area contributed by atoms with Gasteiger partial charge < -0.3 is 9.64 Å². The summed E-state index contributed by atoms with van der Waals surface area (Å²) in [7, 11) is 0. The molecule has 0 amide bonds. The monoisotopic (exact) mass is 373 g/mol. The molecule has 0 fully saturated rings. The van der Waals surface area contributed by atoms with Gasteiger partial charge in [0.25, 0.3) is 0 Å². The quantitative estimate of drug-likeness (QED) is 0.567. The number of carbonyl (C=O) groups is 1. The van der Waals surface area contributed by atoms with Crippen LogP contribution in [0.25, 0.3) is 11.0 Å². The Morgan fingerprint density at radius 3 is 2.41 bits per heavy atom. The van der Waals surface area contributed by atoms with Gasteiger partial charge in [0.05, 0.1) is 16.6 Å². The van der Waals surface area contributed by atoms with Crippen LogP contribution in [0.1, 0.15) is 36.6 Å². The lowest BCUT2D eigenvalue weighted by Crippen LogP contribution is -2.21. The second-order valence-electron chi connectivity index (χ2n) is 5.96. The summed E-state index contributed by atoms with van der Waals surface area (Å²) in [5, 5.41) is 0. The largest absolute Gasteiger partial charge is 0.454 e. The van der Waals surface area contributed by atoms with Crippen LogP contribution >= 0.6 is 0 Å². The SMILES string of the molecule is CCN(CC)c1ccc(C(=O)OCc2nc3ccccc3n2C(F)F)cc1. The van der Waals surface area contributed by atoms with Crippen molar-refractivity contribution in [3.05, 3.63) is 59.9 Å². The van der Waals surface area contributed by atoms with E-state index in [1.807, 2.05) is 12.1 Å². The Morgan fingerprint density at radius 2 is 1.78 bits per heavy atom. The topological polar surface area (TPSA) is 47.4 Å². The molecule has 0 unspecified atom stereocenters. The third-order valence-electron chi connectivity index (χ3n) is 4.43. The molecular weight excluding hydrogens is 352 g/mol. The Labute approximate surface area is 156 Å². The second-order valence-corrected chi connectivity index (χ2v) is 5.96. The van der Waals surface area contributed by atoms with Gasteiger partial charge in [0.2, 0.25) is 0 Å². The first kappa shape index (κ1) is 18.8. The molecule has 0 aliphatic carbocycles. The molecular formula is C20H21F2N3O2. The van der Waals surface area contributed by atoms with Crippen LogP contribution in [0.2, 0.25) is 0 Å². The number of hydrogen-bond donors (Lipinski definition) is 0. The van der Waals surface area contributed by atoms with E-state index in [0.717, 1.165) is 23.3 Å². The van der Waals surface area contributed by atoms with Crippen molar-refractivity contribution in [1.29, 1.82) is 0 Å². The summed E-state index contributed by atoms with van der Waals surface area (Å²) in [4.78, 5) is 18.6. The summed E-state index contributed by atoms with van der Waals surface area (Å²) in [6.07, 6.45) is 0. The first-order valence-corrected chi connectivity index (χ1v) is 8.81. The highest BCUT2D eigenvalue weighted by Crippen LogP contribution is 2.24. The summed E-state index contributed by atoms with van der Waals surface area (Å²) in [6, 6.07) is 13.6. The second kappa shape index (κ2) is 8.16. The zero-order valence-electron chi connectivity index (χ0n) is 15.2. The zero-order valence-corrected chi connectivity index (χ0v) is 15.2. The Bertz CT molecular complexity index is 919. The standard InChI is InChI=1S/C20H21F2N3O2/c1-3-24(4-2)15-11-9-14(10-12-15)19(26)27-13-18-23-16-7-5-6-8-17(16)25(18)20(21)22/h5-12,20H,3-4,13H2,1-2H3. The van der Waals surface area contributed by atoms with E-state index in [1.54, 1.807) is 36.4 Å². The van der Waals surface area contributed by atoms with E-state index >= 15 is 0 Å². The van der Waals surface area contributed by atoms with E-state index in [4.69, 9.17) is 4.74 Å². The van der Waals surface area contributed by atoms with Crippen molar-refractivity contribution in [2.45, 2.75) is 27.0 Å². The van der Waals surface area contributed by atoms with Crippen LogP contribution in [0, 0.1) is 0 Å². The summed E-state index contributed by atoms with van der Waals surface area (Å²) < 4.78 is 32.8. The highest BCUT2D eigenvalue weighted by molar-refractivity contribution is 5.89. The molecule has 1 heterocycles. The minimum Gasteiger partial charge on any atom is -0.454 e. The number of para-hydroxylation sites is 2. The fourth-order valence-corrected chi connectivity index (χ4v) is 3.02. The predicted molar refractivity (Wildman–Crippen MR) is 100 cm³/mol. The van der Waals surface area contributed by atoms with Gasteiger partial charge in [-0.15, -0.1) is 0 Å². The van der Waals surface area contributed by atoms with Gasteiger partial charge in [0, 0.05) is 18.8 Å². The molecule has 0 aliphatic heterocycles. The number of esters is 1. The molecule has 5 nitrogen and oxygen atoms in total. The number of carbonyl (C=O) groups excluding carboxylic acids is 1. The van der Waals surface area contributed by atoms with Crippen LogP contribution in [0.15, 0.2) is 48.5 Å². The molecule has 27 heavy (non-hydrogen) atoms. The third-order valence-corrected chi connectivity index (χ3v) is 4.43. The van der Waals surface area contributed by atoms with Crippen LogP contribution in [-0.2, 0) is 11.3 Å². The number of ether oxygens (including phenoxy) is 1. The van der Waals surface area contributed by atoms with Gasteiger partial charge in [-0.05, 0) is 50.2 Å². The lowest BCUT2D eigenvalue weighted by molar-refractivity contribution is 0.0387. The fraction of sp³-hybridized carbons (Fsp3) is 0.300. The summed E-state index contributed by atoms with van der Waals surface area (Å²) >= 11 is 0. The molecule has 0 N–H and O–H groups in total. The molecule has 3 rings (SSSR count). The van der Waals surface area contributed by atoms with Gasteiger partial charge in [-0.1, -0.05) is 12.1 Å². The normalized spacial score (nSPS) is 11.1. The van der Waals surface area contributed by atoms with Crippen LogP contribution in [0.5, 0.6) is 0 Å². The van der Waals surface area contributed by atoms with Gasteiger partial charge in [-0.25, -0.2) is 9.78 Å². The molecule has 0 saturated heterocycles. The maximum atomic E-state index is 13.4.